The summed E-state index contributed by atoms with van der Waals surface area (Å²) in [6.07, 6.45) is 0.976. The van der Waals surface area contributed by atoms with E-state index in [1.807, 2.05) is 0 Å². The molecule has 3 N–H and O–H groups in total. The lowest BCUT2D eigenvalue weighted by Crippen LogP contribution is -2.39. The molecule has 0 aliphatic carbocycles. The first-order chi connectivity index (χ1) is 10.1. The topological polar surface area (TPSA) is 84.7 Å². The van der Waals surface area contributed by atoms with Crippen molar-refractivity contribution in [2.24, 2.45) is 5.73 Å². The van der Waals surface area contributed by atoms with Crippen molar-refractivity contribution in [2.45, 2.75) is 12.5 Å². The van der Waals surface area contributed by atoms with Crippen LogP contribution in [0.15, 0.2) is 24.3 Å². The van der Waals surface area contributed by atoms with Crippen LogP contribution >= 0.6 is 0 Å². The average molecular weight is 291 g/mol. The average Bonchev–Trinajstić information content (AvgIpc) is 2.76. The van der Waals surface area contributed by atoms with Crippen molar-refractivity contribution in [1.82, 2.24) is 10.2 Å². The summed E-state index contributed by atoms with van der Waals surface area (Å²) in [5, 5.41) is 3.30. The third-order valence-corrected chi connectivity index (χ3v) is 3.66. The van der Waals surface area contributed by atoms with Crippen molar-refractivity contribution < 1.29 is 14.3 Å². The van der Waals surface area contributed by atoms with Crippen LogP contribution in [-0.4, -0.2) is 50.1 Å². The van der Waals surface area contributed by atoms with Gasteiger partial charge in [0.25, 0.3) is 0 Å². The molecule has 2 rings (SSSR count). The van der Waals surface area contributed by atoms with E-state index in [0.29, 0.717) is 5.56 Å². The molecule has 1 aliphatic heterocycles. The second kappa shape index (κ2) is 7.19. The number of hydrogen-bond donors (Lipinski definition) is 2. The molecule has 0 aromatic heterocycles. The van der Waals surface area contributed by atoms with E-state index in [1.165, 1.54) is 7.11 Å². The van der Waals surface area contributed by atoms with Crippen LogP contribution in [0.25, 0.3) is 0 Å². The van der Waals surface area contributed by atoms with Gasteiger partial charge in [0.15, 0.2) is 0 Å². The summed E-state index contributed by atoms with van der Waals surface area (Å²) in [6.45, 7) is 3.37. The molecule has 1 aromatic rings. The van der Waals surface area contributed by atoms with Gasteiger partial charge in [0.05, 0.1) is 12.7 Å². The number of carbonyl (C=O) groups is 2. The van der Waals surface area contributed by atoms with E-state index >= 15 is 0 Å². The Bertz CT molecular complexity index is 493. The fourth-order valence-corrected chi connectivity index (χ4v) is 2.60. The first-order valence-electron chi connectivity index (χ1n) is 7.06. The number of amides is 1. The highest BCUT2D eigenvalue weighted by Crippen LogP contribution is 2.22. The van der Waals surface area contributed by atoms with Gasteiger partial charge >= 0.3 is 5.97 Å². The number of rotatable bonds is 4. The number of nitrogens with zero attached hydrogens (tertiary/aromatic N) is 1. The summed E-state index contributed by atoms with van der Waals surface area (Å²) in [6, 6.07) is 6.39. The molecule has 0 radical (unpaired) electrons. The maximum Gasteiger partial charge on any atom is 0.337 e. The number of nitrogens with two attached hydrogens (primary N) is 1. The summed E-state index contributed by atoms with van der Waals surface area (Å²) >= 11 is 0. The minimum Gasteiger partial charge on any atom is -0.465 e. The van der Waals surface area contributed by atoms with Crippen LogP contribution in [0.3, 0.4) is 0 Å². The molecule has 21 heavy (non-hydrogen) atoms. The Morgan fingerprint density at radius 3 is 2.57 bits per heavy atom. The van der Waals surface area contributed by atoms with Crippen LogP contribution in [0.5, 0.6) is 0 Å². The molecule has 1 unspecified atom stereocenters. The van der Waals surface area contributed by atoms with Gasteiger partial charge in [0.2, 0.25) is 5.91 Å². The van der Waals surface area contributed by atoms with Crippen molar-refractivity contribution in [3.05, 3.63) is 35.4 Å². The second-order valence-corrected chi connectivity index (χ2v) is 5.06. The molecule has 1 aliphatic rings. The van der Waals surface area contributed by atoms with Crippen molar-refractivity contribution in [2.75, 3.05) is 33.3 Å². The summed E-state index contributed by atoms with van der Waals surface area (Å²) in [5.74, 6) is -0.765. The Kier molecular flexibility index (Phi) is 5.30. The van der Waals surface area contributed by atoms with Crippen molar-refractivity contribution in [3.8, 4) is 0 Å². The van der Waals surface area contributed by atoms with Crippen LogP contribution in [0, 0.1) is 0 Å². The molecular formula is C15H21N3O3. The number of primary amides is 1. The smallest absolute Gasteiger partial charge is 0.337 e. The molecule has 0 bridgehead atoms. The molecule has 1 fully saturated rings. The number of benzene rings is 1. The standard InChI is InChI=1S/C15H21N3O3/c1-21-15(20)12-5-3-11(4-6-12)13(14(16)19)18-9-2-7-17-8-10-18/h3-6,13,17H,2,7-10H2,1H3,(H2,16,19). The van der Waals surface area contributed by atoms with E-state index in [-0.39, 0.29) is 5.91 Å². The lowest BCUT2D eigenvalue weighted by Gasteiger charge is -2.28. The Morgan fingerprint density at radius 1 is 1.24 bits per heavy atom. The minimum absolute atomic E-state index is 0.372. The largest absolute Gasteiger partial charge is 0.465 e. The molecule has 1 atom stereocenters. The van der Waals surface area contributed by atoms with E-state index in [2.05, 4.69) is 15.0 Å². The number of methoxy groups -OCH3 is 1. The maximum absolute atomic E-state index is 11.9. The molecule has 6 heteroatoms. The second-order valence-electron chi connectivity index (χ2n) is 5.06. The van der Waals surface area contributed by atoms with Crippen molar-refractivity contribution >= 4 is 11.9 Å². The fraction of sp³-hybridized carbons (Fsp3) is 0.467. The normalized spacial score (nSPS) is 17.8. The highest BCUT2D eigenvalue weighted by Gasteiger charge is 2.26. The van der Waals surface area contributed by atoms with E-state index in [4.69, 9.17) is 5.73 Å². The van der Waals surface area contributed by atoms with Gasteiger partial charge in [-0.05, 0) is 30.7 Å². The summed E-state index contributed by atoms with van der Waals surface area (Å²) < 4.78 is 4.67. The number of ether oxygens (including phenoxy) is 1. The third-order valence-electron chi connectivity index (χ3n) is 3.66. The van der Waals surface area contributed by atoms with Crippen LogP contribution in [0.1, 0.15) is 28.4 Å². The monoisotopic (exact) mass is 291 g/mol. The van der Waals surface area contributed by atoms with Gasteiger partial charge in [0.1, 0.15) is 6.04 Å². The van der Waals surface area contributed by atoms with Gasteiger partial charge in [-0.3, -0.25) is 9.69 Å². The number of hydrogen-bond acceptors (Lipinski definition) is 5. The van der Waals surface area contributed by atoms with Crippen molar-refractivity contribution in [3.63, 3.8) is 0 Å². The van der Waals surface area contributed by atoms with Crippen LogP contribution < -0.4 is 11.1 Å². The lowest BCUT2D eigenvalue weighted by atomic mass is 10.0. The summed E-state index contributed by atoms with van der Waals surface area (Å²) in [7, 11) is 1.34. The molecule has 1 heterocycles. The SMILES string of the molecule is COC(=O)c1ccc(C(C(N)=O)N2CCCNCC2)cc1. The fourth-order valence-electron chi connectivity index (χ4n) is 2.60. The molecule has 6 nitrogen and oxygen atoms in total. The van der Waals surface area contributed by atoms with Gasteiger partial charge in [-0.15, -0.1) is 0 Å². The molecule has 1 saturated heterocycles. The number of nitrogens with one attached hydrogen (secondary N) is 1. The van der Waals surface area contributed by atoms with Gasteiger partial charge < -0.3 is 15.8 Å². The zero-order valence-corrected chi connectivity index (χ0v) is 12.2. The third kappa shape index (κ3) is 3.80. The summed E-state index contributed by atoms with van der Waals surface area (Å²) in [5.41, 5.74) is 6.84. The van der Waals surface area contributed by atoms with Gasteiger partial charge in [0, 0.05) is 19.6 Å². The zero-order chi connectivity index (χ0) is 15.2. The molecule has 1 amide bonds. The first kappa shape index (κ1) is 15.5. The predicted octanol–water partition coefficient (Wildman–Crippen LogP) is 0.295. The molecule has 1 aromatic carbocycles. The molecule has 0 saturated carbocycles. The maximum atomic E-state index is 11.9. The van der Waals surface area contributed by atoms with Gasteiger partial charge in [-0.2, -0.15) is 0 Å². The first-order valence-corrected chi connectivity index (χ1v) is 7.06. The van der Waals surface area contributed by atoms with Crippen LogP contribution in [0.2, 0.25) is 0 Å². The zero-order valence-electron chi connectivity index (χ0n) is 12.2. The highest BCUT2D eigenvalue weighted by atomic mass is 16.5. The molecule has 0 spiro atoms. The Morgan fingerprint density at radius 2 is 1.95 bits per heavy atom. The Balaban J connectivity index is 2.21. The number of esters is 1. The van der Waals surface area contributed by atoms with Crippen LogP contribution in [-0.2, 0) is 9.53 Å². The quantitative estimate of drug-likeness (QED) is 0.779. The molecular weight excluding hydrogens is 270 g/mol. The van der Waals surface area contributed by atoms with Gasteiger partial charge in [-0.25, -0.2) is 4.79 Å². The Hall–Kier alpha value is -1.92. The predicted molar refractivity (Wildman–Crippen MR) is 78.8 cm³/mol. The molecule has 114 valence electrons. The Labute approximate surface area is 124 Å². The summed E-state index contributed by atoms with van der Waals surface area (Å²) in [4.78, 5) is 25.4. The van der Waals surface area contributed by atoms with Gasteiger partial charge in [-0.1, -0.05) is 12.1 Å². The van der Waals surface area contributed by atoms with E-state index < -0.39 is 12.0 Å². The van der Waals surface area contributed by atoms with E-state index in [0.717, 1.165) is 38.2 Å². The van der Waals surface area contributed by atoms with E-state index in [1.54, 1.807) is 24.3 Å². The van der Waals surface area contributed by atoms with E-state index in [9.17, 15) is 9.59 Å². The highest BCUT2D eigenvalue weighted by molar-refractivity contribution is 5.89. The minimum atomic E-state index is -0.461. The lowest BCUT2D eigenvalue weighted by molar-refractivity contribution is -0.123. The number of carbonyl (C=O) groups excluding carboxylic acids is 2. The van der Waals surface area contributed by atoms with Crippen molar-refractivity contribution in [1.29, 1.82) is 0 Å². The van der Waals surface area contributed by atoms with Crippen LogP contribution in [0.4, 0.5) is 0 Å².